The van der Waals surface area contributed by atoms with Crippen LogP contribution in [0.25, 0.3) is 94.7 Å². The van der Waals surface area contributed by atoms with E-state index in [1.54, 1.807) is 0 Å². The molecule has 0 spiro atoms. The summed E-state index contributed by atoms with van der Waals surface area (Å²) in [6.45, 7) is 0. The molecule has 0 aliphatic heterocycles. The number of hydrogen-bond donors (Lipinski definition) is 0. The van der Waals surface area contributed by atoms with Gasteiger partial charge in [-0.15, -0.1) is 0 Å². The zero-order valence-corrected chi connectivity index (χ0v) is 28.8. The highest BCUT2D eigenvalue weighted by atomic mass is 15.0. The molecular weight excluding hydrogens is 645 g/mol. The highest BCUT2D eigenvalue weighted by Crippen LogP contribution is 2.38. The molecular formula is C49H32N4. The van der Waals surface area contributed by atoms with Crippen molar-refractivity contribution < 1.29 is 0 Å². The smallest absolute Gasteiger partial charge is 0.164 e. The van der Waals surface area contributed by atoms with E-state index in [1.807, 2.05) is 12.1 Å². The van der Waals surface area contributed by atoms with Crippen LogP contribution in [-0.2, 0) is 0 Å². The molecule has 10 aromatic rings. The first-order valence-corrected chi connectivity index (χ1v) is 17.9. The third kappa shape index (κ3) is 5.54. The molecule has 2 heterocycles. The van der Waals surface area contributed by atoms with Gasteiger partial charge in [-0.3, -0.25) is 0 Å². The minimum Gasteiger partial charge on any atom is -0.309 e. The Hall–Kier alpha value is -7.17. The van der Waals surface area contributed by atoms with Crippen LogP contribution in [0, 0.1) is 0 Å². The lowest BCUT2D eigenvalue weighted by molar-refractivity contribution is 1.07. The molecule has 10 rings (SSSR count). The number of aromatic nitrogens is 4. The number of benzene rings is 8. The molecule has 248 valence electrons. The van der Waals surface area contributed by atoms with Gasteiger partial charge in [0.05, 0.1) is 11.0 Å². The van der Waals surface area contributed by atoms with Gasteiger partial charge in [-0.05, 0) is 63.4 Å². The first-order valence-electron chi connectivity index (χ1n) is 17.9. The predicted octanol–water partition coefficient (Wildman–Crippen LogP) is 12.5. The Bertz CT molecular complexity index is 2930. The van der Waals surface area contributed by atoms with Crippen molar-refractivity contribution in [3.05, 3.63) is 194 Å². The van der Waals surface area contributed by atoms with Gasteiger partial charge in [0.2, 0.25) is 0 Å². The standard InChI is InChI=1S/C49H32N4/c1-3-13-33(14-4-1)35-25-27-37(28-26-35)47-50-48(39-19-11-18-38(31-39)34-15-5-2-6-16-34)52-49(51-47)40-20-12-21-41(32-40)53-44-24-10-9-23-43(44)46-42-22-8-7-17-36(42)29-30-45(46)53/h1-32H. The van der Waals surface area contributed by atoms with Crippen molar-refractivity contribution in [2.45, 2.75) is 0 Å². The fourth-order valence-electron chi connectivity index (χ4n) is 7.48. The summed E-state index contributed by atoms with van der Waals surface area (Å²) < 4.78 is 2.36. The first kappa shape index (κ1) is 30.6. The molecule has 4 heteroatoms. The molecule has 4 nitrogen and oxygen atoms in total. The first-order chi connectivity index (χ1) is 26.3. The molecule has 0 unspecified atom stereocenters. The van der Waals surface area contributed by atoms with Crippen molar-refractivity contribution in [3.8, 4) is 62.1 Å². The summed E-state index contributed by atoms with van der Waals surface area (Å²) in [5.41, 5.74) is 10.7. The average Bonchev–Trinajstić information content (AvgIpc) is 3.59. The second-order valence-corrected chi connectivity index (χ2v) is 13.3. The third-order valence-electron chi connectivity index (χ3n) is 10.0. The molecule has 0 aliphatic carbocycles. The Balaban J connectivity index is 1.14. The average molecular weight is 677 g/mol. The van der Waals surface area contributed by atoms with Crippen LogP contribution in [0.2, 0.25) is 0 Å². The molecule has 0 amide bonds. The van der Waals surface area contributed by atoms with Crippen LogP contribution in [0.1, 0.15) is 0 Å². The Morgan fingerprint density at radius 2 is 0.811 bits per heavy atom. The molecule has 0 saturated heterocycles. The van der Waals surface area contributed by atoms with Crippen molar-refractivity contribution >= 4 is 32.6 Å². The van der Waals surface area contributed by atoms with Gasteiger partial charge in [0.1, 0.15) is 0 Å². The van der Waals surface area contributed by atoms with Crippen LogP contribution in [0.5, 0.6) is 0 Å². The van der Waals surface area contributed by atoms with E-state index in [2.05, 4.69) is 187 Å². The molecule has 53 heavy (non-hydrogen) atoms. The fourth-order valence-corrected chi connectivity index (χ4v) is 7.48. The van der Waals surface area contributed by atoms with Crippen molar-refractivity contribution in [1.29, 1.82) is 0 Å². The maximum Gasteiger partial charge on any atom is 0.164 e. The number of hydrogen-bond acceptors (Lipinski definition) is 3. The molecule has 0 radical (unpaired) electrons. The lowest BCUT2D eigenvalue weighted by Crippen LogP contribution is -2.01. The molecule has 8 aromatic carbocycles. The van der Waals surface area contributed by atoms with Gasteiger partial charge in [-0.25, -0.2) is 15.0 Å². The summed E-state index contributed by atoms with van der Waals surface area (Å²) in [6.07, 6.45) is 0. The molecule has 2 aromatic heterocycles. The highest BCUT2D eigenvalue weighted by molar-refractivity contribution is 6.21. The van der Waals surface area contributed by atoms with E-state index in [-0.39, 0.29) is 0 Å². The lowest BCUT2D eigenvalue weighted by atomic mass is 10.0. The number of para-hydroxylation sites is 1. The largest absolute Gasteiger partial charge is 0.309 e. The summed E-state index contributed by atoms with van der Waals surface area (Å²) >= 11 is 0. The summed E-state index contributed by atoms with van der Waals surface area (Å²) in [6, 6.07) is 68.0. The predicted molar refractivity (Wildman–Crippen MR) is 219 cm³/mol. The number of fused-ring (bicyclic) bond motifs is 5. The van der Waals surface area contributed by atoms with E-state index >= 15 is 0 Å². The zero-order valence-electron chi connectivity index (χ0n) is 28.8. The van der Waals surface area contributed by atoms with Crippen LogP contribution in [-0.4, -0.2) is 19.5 Å². The van der Waals surface area contributed by atoms with Crippen molar-refractivity contribution in [2.24, 2.45) is 0 Å². The van der Waals surface area contributed by atoms with E-state index in [0.29, 0.717) is 17.5 Å². The van der Waals surface area contributed by atoms with Crippen LogP contribution < -0.4 is 0 Å². The molecule has 0 N–H and O–H groups in total. The topological polar surface area (TPSA) is 43.6 Å². The summed E-state index contributed by atoms with van der Waals surface area (Å²) in [7, 11) is 0. The Labute approximate surface area is 307 Å². The van der Waals surface area contributed by atoms with E-state index < -0.39 is 0 Å². The van der Waals surface area contributed by atoms with Gasteiger partial charge in [0, 0.05) is 33.2 Å². The van der Waals surface area contributed by atoms with Gasteiger partial charge in [0.15, 0.2) is 17.5 Å². The van der Waals surface area contributed by atoms with Gasteiger partial charge < -0.3 is 4.57 Å². The van der Waals surface area contributed by atoms with Crippen LogP contribution in [0.4, 0.5) is 0 Å². The minimum absolute atomic E-state index is 0.621. The Kier molecular flexibility index (Phi) is 7.43. The highest BCUT2D eigenvalue weighted by Gasteiger charge is 2.17. The van der Waals surface area contributed by atoms with Crippen LogP contribution >= 0.6 is 0 Å². The quantitative estimate of drug-likeness (QED) is 0.176. The van der Waals surface area contributed by atoms with E-state index in [4.69, 9.17) is 15.0 Å². The van der Waals surface area contributed by atoms with Gasteiger partial charge in [-0.2, -0.15) is 0 Å². The summed E-state index contributed by atoms with van der Waals surface area (Å²) in [5, 5.41) is 4.96. The second-order valence-electron chi connectivity index (χ2n) is 13.3. The zero-order chi connectivity index (χ0) is 35.1. The van der Waals surface area contributed by atoms with E-state index in [0.717, 1.165) is 50.1 Å². The lowest BCUT2D eigenvalue weighted by Gasteiger charge is -2.12. The molecule has 0 aliphatic rings. The summed E-state index contributed by atoms with van der Waals surface area (Å²) in [5.74, 6) is 1.88. The minimum atomic E-state index is 0.621. The molecule has 0 fully saturated rings. The van der Waals surface area contributed by atoms with Crippen molar-refractivity contribution in [3.63, 3.8) is 0 Å². The maximum absolute atomic E-state index is 5.16. The number of nitrogens with zero attached hydrogens (tertiary/aromatic N) is 4. The van der Waals surface area contributed by atoms with Crippen molar-refractivity contribution in [2.75, 3.05) is 0 Å². The van der Waals surface area contributed by atoms with Gasteiger partial charge in [-0.1, -0.05) is 164 Å². The van der Waals surface area contributed by atoms with E-state index in [9.17, 15) is 0 Å². The normalized spacial score (nSPS) is 11.4. The summed E-state index contributed by atoms with van der Waals surface area (Å²) in [4.78, 5) is 15.4. The molecule has 0 saturated carbocycles. The van der Waals surface area contributed by atoms with Crippen LogP contribution in [0.3, 0.4) is 0 Å². The molecule has 0 atom stereocenters. The number of rotatable bonds is 6. The van der Waals surface area contributed by atoms with Crippen LogP contribution in [0.15, 0.2) is 194 Å². The Morgan fingerprint density at radius 1 is 0.302 bits per heavy atom. The van der Waals surface area contributed by atoms with Gasteiger partial charge >= 0.3 is 0 Å². The third-order valence-corrected chi connectivity index (χ3v) is 10.0. The van der Waals surface area contributed by atoms with Crippen molar-refractivity contribution in [1.82, 2.24) is 19.5 Å². The molecule has 0 bridgehead atoms. The Morgan fingerprint density at radius 3 is 1.55 bits per heavy atom. The maximum atomic E-state index is 5.16. The van der Waals surface area contributed by atoms with Gasteiger partial charge in [0.25, 0.3) is 0 Å². The fraction of sp³-hybridized carbons (Fsp3) is 0. The second kappa shape index (κ2) is 12.9. The van der Waals surface area contributed by atoms with E-state index in [1.165, 1.54) is 27.1 Å². The monoisotopic (exact) mass is 676 g/mol. The SMILES string of the molecule is c1ccc(-c2ccc(-c3nc(-c4cccc(-c5ccccc5)c4)nc(-c4cccc(-n5c6ccccc6c6c7ccccc7ccc65)c4)n3)cc2)cc1.